The summed E-state index contributed by atoms with van der Waals surface area (Å²) in [5.41, 5.74) is 5.04. The number of benzene rings is 2. The number of hydrogen-bond acceptors (Lipinski definition) is 13. The molecule has 5 rings (SSSR count). The summed E-state index contributed by atoms with van der Waals surface area (Å²) in [6.07, 6.45) is 0.596. The van der Waals surface area contributed by atoms with Crippen LogP contribution < -0.4 is 25.8 Å². The predicted octanol–water partition coefficient (Wildman–Crippen LogP) is 3.26. The van der Waals surface area contributed by atoms with E-state index >= 15 is 4.39 Å². The molecule has 0 spiro atoms. The highest BCUT2D eigenvalue weighted by molar-refractivity contribution is 7.99. The van der Waals surface area contributed by atoms with Crippen molar-refractivity contribution in [2.45, 2.75) is 46.3 Å². The molecular formula is C26H29F2N7O6S2. The van der Waals surface area contributed by atoms with Gasteiger partial charge in [-0.2, -0.15) is 4.39 Å². The number of aromatic nitrogens is 2. The number of nitro groups is 1. The maximum absolute atomic E-state index is 15.3. The number of hydrazine groups is 1. The Morgan fingerprint density at radius 2 is 1.98 bits per heavy atom. The highest BCUT2D eigenvalue weighted by Crippen LogP contribution is 2.38. The number of hydrogen-bond donors (Lipinski definition) is 3. The van der Waals surface area contributed by atoms with E-state index in [2.05, 4.69) is 26.1 Å². The molecule has 0 aliphatic carbocycles. The van der Waals surface area contributed by atoms with Crippen molar-refractivity contribution in [3.8, 4) is 5.75 Å². The molecule has 0 saturated carbocycles. The summed E-state index contributed by atoms with van der Waals surface area (Å²) in [6, 6.07) is 6.77. The van der Waals surface area contributed by atoms with Gasteiger partial charge in [0.1, 0.15) is 5.82 Å². The van der Waals surface area contributed by atoms with Crippen LogP contribution in [0.2, 0.25) is 0 Å². The normalized spacial score (nSPS) is 18.9. The smallest absolute Gasteiger partial charge is 0.305 e. The second kappa shape index (κ2) is 12.9. The van der Waals surface area contributed by atoms with E-state index in [0.717, 1.165) is 36.4 Å². The third-order valence-corrected chi connectivity index (χ3v) is 9.39. The zero-order valence-corrected chi connectivity index (χ0v) is 24.8. The lowest BCUT2D eigenvalue weighted by Gasteiger charge is -2.30. The second-order valence-corrected chi connectivity index (χ2v) is 12.9. The molecule has 2 unspecified atom stereocenters. The van der Waals surface area contributed by atoms with Crippen LogP contribution in [0, 0.1) is 21.7 Å². The molecule has 0 radical (unpaired) electrons. The van der Waals surface area contributed by atoms with Crippen LogP contribution in [0.3, 0.4) is 0 Å². The molecule has 17 heteroatoms. The summed E-state index contributed by atoms with van der Waals surface area (Å²) < 4.78 is 67.0. The van der Waals surface area contributed by atoms with E-state index in [1.165, 1.54) is 25.3 Å². The first-order valence-electron chi connectivity index (χ1n) is 13.2. The van der Waals surface area contributed by atoms with Gasteiger partial charge in [0.05, 0.1) is 47.0 Å². The van der Waals surface area contributed by atoms with Crippen molar-refractivity contribution in [3.63, 3.8) is 0 Å². The van der Waals surface area contributed by atoms with Crippen molar-refractivity contribution in [2.75, 3.05) is 43.6 Å². The van der Waals surface area contributed by atoms with Crippen molar-refractivity contribution in [1.29, 1.82) is 0 Å². The van der Waals surface area contributed by atoms with Crippen molar-refractivity contribution >= 4 is 38.9 Å². The fourth-order valence-corrected chi connectivity index (χ4v) is 6.79. The maximum Gasteiger partial charge on any atom is 0.305 e. The quantitative estimate of drug-likeness (QED) is 0.169. The number of halogens is 2. The summed E-state index contributed by atoms with van der Waals surface area (Å²) in [7, 11) is -2.73. The van der Waals surface area contributed by atoms with Crippen LogP contribution in [0.4, 0.5) is 26.1 Å². The fourth-order valence-electron chi connectivity index (χ4n) is 4.68. The molecule has 43 heavy (non-hydrogen) atoms. The number of rotatable bonds is 10. The van der Waals surface area contributed by atoms with Crippen LogP contribution in [0.5, 0.6) is 5.75 Å². The van der Waals surface area contributed by atoms with Gasteiger partial charge in [-0.15, -0.1) is 0 Å². The number of nitro benzene ring substituents is 1. The maximum atomic E-state index is 15.3. The molecule has 2 aliphatic heterocycles. The second-order valence-electron chi connectivity index (χ2n) is 9.89. The Labute approximate surface area is 250 Å². The molecule has 3 aromatic rings. The summed E-state index contributed by atoms with van der Waals surface area (Å²) in [6.45, 7) is 4.13. The average Bonchev–Trinajstić information content (AvgIpc) is 3.39. The Balaban J connectivity index is 1.43. The lowest BCUT2D eigenvalue weighted by molar-refractivity contribution is -0.387. The molecule has 2 aromatic carbocycles. The van der Waals surface area contributed by atoms with Gasteiger partial charge in [0.25, 0.3) is 0 Å². The molecule has 2 atom stereocenters. The summed E-state index contributed by atoms with van der Waals surface area (Å²) in [5.74, 6) is -1.67. The lowest BCUT2D eigenvalue weighted by atomic mass is 10.2. The number of methoxy groups -OCH3 is 1. The van der Waals surface area contributed by atoms with Crippen LogP contribution >= 0.6 is 11.8 Å². The summed E-state index contributed by atoms with van der Waals surface area (Å²) in [4.78, 5) is 21.0. The summed E-state index contributed by atoms with van der Waals surface area (Å²) >= 11 is 0.899. The van der Waals surface area contributed by atoms with Gasteiger partial charge >= 0.3 is 5.69 Å². The van der Waals surface area contributed by atoms with E-state index in [0.29, 0.717) is 43.7 Å². The largest absolute Gasteiger partial charge is 0.490 e. The molecule has 13 nitrogen and oxygen atoms in total. The van der Waals surface area contributed by atoms with Crippen LogP contribution in [0.25, 0.3) is 0 Å². The van der Waals surface area contributed by atoms with Crippen LogP contribution in [-0.4, -0.2) is 68.9 Å². The highest BCUT2D eigenvalue weighted by atomic mass is 32.2. The minimum absolute atomic E-state index is 0.0544. The zero-order valence-electron chi connectivity index (χ0n) is 23.2. The Hall–Kier alpha value is -3.64. The van der Waals surface area contributed by atoms with Gasteiger partial charge < -0.3 is 19.7 Å². The van der Waals surface area contributed by atoms with Crippen molar-refractivity contribution in [1.82, 2.24) is 20.8 Å². The molecule has 2 saturated heterocycles. The SMILES string of the molecule is COc1c(NC2CC(C)NN2)nc(Sc2ccc(S(=O)(=O)Cc3cccc([N+](=O)[O-])c3F)cc2F)nc1N1CCOCC1. The molecule has 1 aromatic heterocycles. The molecular weight excluding hydrogens is 608 g/mol. The van der Waals surface area contributed by atoms with E-state index in [9.17, 15) is 22.9 Å². The van der Waals surface area contributed by atoms with Gasteiger partial charge in [0, 0.05) is 30.8 Å². The Bertz CT molecular complexity index is 1630. The number of sulfone groups is 1. The molecule has 0 amide bonds. The molecule has 2 aliphatic rings. The Kier molecular flexibility index (Phi) is 9.26. The van der Waals surface area contributed by atoms with E-state index in [-0.39, 0.29) is 22.3 Å². The molecule has 3 N–H and O–H groups in total. The molecule has 3 heterocycles. The number of nitrogens with zero attached hydrogens (tertiary/aromatic N) is 4. The van der Waals surface area contributed by atoms with Gasteiger partial charge in [-0.05, 0) is 43.3 Å². The number of nitrogens with one attached hydrogen (secondary N) is 3. The monoisotopic (exact) mass is 637 g/mol. The van der Waals surface area contributed by atoms with Gasteiger partial charge in [-0.3, -0.25) is 15.5 Å². The van der Waals surface area contributed by atoms with Crippen molar-refractivity contribution < 1.29 is 31.6 Å². The highest BCUT2D eigenvalue weighted by Gasteiger charge is 2.28. The number of morpholine rings is 1. The molecule has 0 bridgehead atoms. The number of ether oxygens (including phenoxy) is 2. The first-order valence-corrected chi connectivity index (χ1v) is 15.7. The lowest BCUT2D eigenvalue weighted by Crippen LogP contribution is -2.38. The van der Waals surface area contributed by atoms with E-state index in [1.807, 2.05) is 11.8 Å². The first kappa shape index (κ1) is 30.8. The number of anilines is 2. The van der Waals surface area contributed by atoms with Crippen LogP contribution in [0.15, 0.2) is 51.3 Å². The van der Waals surface area contributed by atoms with E-state index in [1.54, 1.807) is 0 Å². The van der Waals surface area contributed by atoms with Gasteiger partial charge in [0.15, 0.2) is 26.6 Å². The van der Waals surface area contributed by atoms with E-state index < -0.39 is 48.3 Å². The van der Waals surface area contributed by atoms with Gasteiger partial charge in [-0.25, -0.2) is 28.2 Å². The minimum Gasteiger partial charge on any atom is -0.490 e. The van der Waals surface area contributed by atoms with Crippen molar-refractivity contribution in [3.05, 3.63) is 63.7 Å². The third-order valence-electron chi connectivity index (χ3n) is 6.81. The van der Waals surface area contributed by atoms with Crippen LogP contribution in [0.1, 0.15) is 18.9 Å². The van der Waals surface area contributed by atoms with E-state index in [4.69, 9.17) is 9.47 Å². The summed E-state index contributed by atoms with van der Waals surface area (Å²) in [5, 5.41) is 14.5. The standard InChI is InChI=1S/C26H29F2N7O6S2/c1-15-12-21(33-32-15)29-24-23(40-2)25(34-8-10-41-11-9-34)31-26(30-24)42-20-7-6-17(13-18(20)27)43(38,39)14-16-4-3-5-19(22(16)28)35(36)37/h3-7,13,15,21,32-33H,8-12,14H2,1-2H3,(H,29,30,31). The fraction of sp³-hybridized carbons (Fsp3) is 0.385. The molecule has 2 fully saturated rings. The first-order chi connectivity index (χ1) is 20.6. The Morgan fingerprint density at radius 3 is 2.63 bits per heavy atom. The third kappa shape index (κ3) is 6.96. The van der Waals surface area contributed by atoms with Gasteiger partial charge in [-0.1, -0.05) is 12.1 Å². The average molecular weight is 638 g/mol. The van der Waals surface area contributed by atoms with Crippen molar-refractivity contribution in [2.24, 2.45) is 0 Å². The van der Waals surface area contributed by atoms with Crippen LogP contribution in [-0.2, 0) is 20.3 Å². The Morgan fingerprint density at radius 1 is 1.21 bits per heavy atom. The zero-order chi connectivity index (χ0) is 30.7. The molecule has 230 valence electrons. The van der Waals surface area contributed by atoms with Gasteiger partial charge in [0.2, 0.25) is 11.6 Å². The topological polar surface area (TPSA) is 161 Å². The minimum atomic E-state index is -4.25. The predicted molar refractivity (Wildman–Crippen MR) is 154 cm³/mol.